The van der Waals surface area contributed by atoms with Gasteiger partial charge < -0.3 is 4.57 Å². The highest BCUT2D eigenvalue weighted by Gasteiger charge is 2.15. The summed E-state index contributed by atoms with van der Waals surface area (Å²) in [6, 6.07) is 34.6. The molecule has 5 aromatic rings. The molecular weight excluding hydrogens is 314 g/mol. The Bertz CT molecular complexity index is 1210. The predicted molar refractivity (Wildman–Crippen MR) is 111 cm³/mol. The van der Waals surface area contributed by atoms with Gasteiger partial charge in [0.2, 0.25) is 0 Å². The molecule has 4 aromatic carbocycles. The molecule has 0 aliphatic carbocycles. The van der Waals surface area contributed by atoms with Gasteiger partial charge in [-0.15, -0.1) is 0 Å². The second-order valence-electron chi connectivity index (χ2n) is 6.74. The van der Waals surface area contributed by atoms with Crippen LogP contribution >= 0.6 is 0 Å². The number of fused-ring (bicyclic) bond motifs is 3. The Labute approximate surface area is 153 Å². The summed E-state index contributed by atoms with van der Waals surface area (Å²) in [5, 5.41) is 2.65. The van der Waals surface area contributed by atoms with Crippen LogP contribution in [0.5, 0.6) is 0 Å². The summed E-state index contributed by atoms with van der Waals surface area (Å²) in [5.74, 6) is 0. The number of aromatic nitrogens is 1. The Kier molecular flexibility index (Phi) is 3.39. The third-order valence-corrected chi connectivity index (χ3v) is 5.09. The summed E-state index contributed by atoms with van der Waals surface area (Å²) in [6.45, 7) is 2.22. The number of rotatable bonds is 2. The fourth-order valence-corrected chi connectivity index (χ4v) is 3.96. The van der Waals surface area contributed by atoms with Crippen LogP contribution in [-0.4, -0.2) is 4.57 Å². The van der Waals surface area contributed by atoms with Gasteiger partial charge in [0, 0.05) is 16.5 Å². The van der Waals surface area contributed by atoms with E-state index in [1.165, 1.54) is 44.2 Å². The molecule has 5 rings (SSSR count). The number of hydrogen-bond acceptors (Lipinski definition) is 0. The standard InChI is InChI=1S/C25H19N/c1-18-16-20(19-10-4-2-5-11-19)17-24-25(18)22-14-8-9-15-23(22)26(24)21-12-6-3-7-13-21/h2-17H,1H3. The molecule has 0 saturated heterocycles. The predicted octanol–water partition coefficient (Wildman–Crippen LogP) is 6.76. The second-order valence-corrected chi connectivity index (χ2v) is 6.74. The van der Waals surface area contributed by atoms with Gasteiger partial charge >= 0.3 is 0 Å². The van der Waals surface area contributed by atoms with Crippen LogP contribution in [0.3, 0.4) is 0 Å². The van der Waals surface area contributed by atoms with Crippen LogP contribution in [0.15, 0.2) is 97.1 Å². The Morgan fingerprint density at radius 2 is 1.23 bits per heavy atom. The van der Waals surface area contributed by atoms with Gasteiger partial charge in [0.15, 0.2) is 0 Å². The monoisotopic (exact) mass is 333 g/mol. The smallest absolute Gasteiger partial charge is 0.0549 e. The molecule has 0 saturated carbocycles. The van der Waals surface area contributed by atoms with Crippen LogP contribution in [0, 0.1) is 6.92 Å². The molecule has 1 heterocycles. The first kappa shape index (κ1) is 15.0. The molecule has 0 N–H and O–H groups in total. The minimum Gasteiger partial charge on any atom is -0.309 e. The number of benzene rings is 4. The van der Waals surface area contributed by atoms with E-state index in [4.69, 9.17) is 0 Å². The zero-order valence-corrected chi connectivity index (χ0v) is 14.7. The second kappa shape index (κ2) is 5.89. The van der Waals surface area contributed by atoms with Crippen molar-refractivity contribution in [3.63, 3.8) is 0 Å². The molecule has 1 nitrogen and oxygen atoms in total. The third kappa shape index (κ3) is 2.25. The summed E-state index contributed by atoms with van der Waals surface area (Å²) in [5.41, 5.74) is 7.53. The van der Waals surface area contributed by atoms with E-state index in [0.717, 1.165) is 0 Å². The topological polar surface area (TPSA) is 4.93 Å². The highest BCUT2D eigenvalue weighted by molar-refractivity contribution is 6.11. The molecule has 0 atom stereocenters. The van der Waals surface area contributed by atoms with Crippen molar-refractivity contribution in [2.45, 2.75) is 6.92 Å². The molecule has 0 fully saturated rings. The maximum atomic E-state index is 2.38. The van der Waals surface area contributed by atoms with Gasteiger partial charge in [0.25, 0.3) is 0 Å². The van der Waals surface area contributed by atoms with E-state index in [9.17, 15) is 0 Å². The van der Waals surface area contributed by atoms with Crippen molar-refractivity contribution in [2.24, 2.45) is 0 Å². The molecule has 0 aliphatic heterocycles. The summed E-state index contributed by atoms with van der Waals surface area (Å²) < 4.78 is 2.38. The van der Waals surface area contributed by atoms with Crippen LogP contribution in [-0.2, 0) is 0 Å². The lowest BCUT2D eigenvalue weighted by atomic mass is 9.99. The van der Waals surface area contributed by atoms with Gasteiger partial charge in [-0.05, 0) is 47.9 Å². The van der Waals surface area contributed by atoms with Crippen LogP contribution in [0.2, 0.25) is 0 Å². The number of nitrogens with zero attached hydrogens (tertiary/aromatic N) is 1. The molecule has 0 bridgehead atoms. The molecule has 0 amide bonds. The van der Waals surface area contributed by atoms with E-state index >= 15 is 0 Å². The van der Waals surface area contributed by atoms with E-state index in [2.05, 4.69) is 109 Å². The van der Waals surface area contributed by atoms with Gasteiger partial charge in [-0.25, -0.2) is 0 Å². The summed E-state index contributed by atoms with van der Waals surface area (Å²) in [4.78, 5) is 0. The summed E-state index contributed by atoms with van der Waals surface area (Å²) in [6.07, 6.45) is 0. The maximum absolute atomic E-state index is 2.38. The van der Waals surface area contributed by atoms with Crippen molar-refractivity contribution in [1.82, 2.24) is 4.57 Å². The first-order valence-corrected chi connectivity index (χ1v) is 8.97. The first-order valence-electron chi connectivity index (χ1n) is 8.97. The number of hydrogen-bond donors (Lipinski definition) is 0. The van der Waals surface area contributed by atoms with Crippen molar-refractivity contribution in [3.05, 3.63) is 103 Å². The molecule has 1 heteroatoms. The molecule has 0 unspecified atom stereocenters. The highest BCUT2D eigenvalue weighted by atomic mass is 15.0. The fraction of sp³-hybridized carbons (Fsp3) is 0.0400. The van der Waals surface area contributed by atoms with Crippen LogP contribution in [0.25, 0.3) is 38.6 Å². The average Bonchev–Trinajstić information content (AvgIpc) is 3.04. The van der Waals surface area contributed by atoms with Gasteiger partial charge in [-0.1, -0.05) is 72.8 Å². The zero-order valence-electron chi connectivity index (χ0n) is 14.7. The van der Waals surface area contributed by atoms with E-state index < -0.39 is 0 Å². The van der Waals surface area contributed by atoms with Crippen LogP contribution in [0.1, 0.15) is 5.56 Å². The Morgan fingerprint density at radius 3 is 2.00 bits per heavy atom. The maximum Gasteiger partial charge on any atom is 0.0549 e. The fourth-order valence-electron chi connectivity index (χ4n) is 3.96. The molecule has 0 aliphatic rings. The van der Waals surface area contributed by atoms with Crippen molar-refractivity contribution < 1.29 is 0 Å². The van der Waals surface area contributed by atoms with Gasteiger partial charge in [-0.3, -0.25) is 0 Å². The molecule has 0 radical (unpaired) electrons. The van der Waals surface area contributed by atoms with Crippen LogP contribution < -0.4 is 0 Å². The number of para-hydroxylation sites is 2. The Morgan fingerprint density at radius 1 is 0.577 bits per heavy atom. The minimum absolute atomic E-state index is 1.20. The van der Waals surface area contributed by atoms with Crippen molar-refractivity contribution in [2.75, 3.05) is 0 Å². The van der Waals surface area contributed by atoms with Crippen molar-refractivity contribution >= 4 is 21.8 Å². The highest BCUT2D eigenvalue weighted by Crippen LogP contribution is 2.36. The van der Waals surface area contributed by atoms with Crippen LogP contribution in [0.4, 0.5) is 0 Å². The minimum atomic E-state index is 1.20. The lowest BCUT2D eigenvalue weighted by Gasteiger charge is -2.10. The normalized spacial score (nSPS) is 11.3. The molecule has 26 heavy (non-hydrogen) atoms. The zero-order chi connectivity index (χ0) is 17.5. The van der Waals surface area contributed by atoms with Crippen molar-refractivity contribution in [3.8, 4) is 16.8 Å². The molecule has 0 spiro atoms. The molecular formula is C25H19N. The lowest BCUT2D eigenvalue weighted by molar-refractivity contribution is 1.18. The largest absolute Gasteiger partial charge is 0.309 e. The molecule has 1 aromatic heterocycles. The quantitative estimate of drug-likeness (QED) is 0.336. The first-order chi connectivity index (χ1) is 12.8. The molecule has 124 valence electrons. The summed E-state index contributed by atoms with van der Waals surface area (Å²) in [7, 11) is 0. The number of aryl methyl sites for hydroxylation is 1. The van der Waals surface area contributed by atoms with Gasteiger partial charge in [0.1, 0.15) is 0 Å². The van der Waals surface area contributed by atoms with E-state index in [1.807, 2.05) is 0 Å². The lowest BCUT2D eigenvalue weighted by Crippen LogP contribution is -1.93. The summed E-state index contributed by atoms with van der Waals surface area (Å²) >= 11 is 0. The van der Waals surface area contributed by atoms with E-state index in [0.29, 0.717) is 0 Å². The average molecular weight is 333 g/mol. The van der Waals surface area contributed by atoms with E-state index in [1.54, 1.807) is 0 Å². The SMILES string of the molecule is Cc1cc(-c2ccccc2)cc2c1c1ccccc1n2-c1ccccc1. The van der Waals surface area contributed by atoms with Crippen molar-refractivity contribution in [1.29, 1.82) is 0 Å². The Balaban J connectivity index is 1.93. The van der Waals surface area contributed by atoms with E-state index in [-0.39, 0.29) is 0 Å². The third-order valence-electron chi connectivity index (χ3n) is 5.09. The van der Waals surface area contributed by atoms with Gasteiger partial charge in [-0.2, -0.15) is 0 Å². The van der Waals surface area contributed by atoms with Gasteiger partial charge in [0.05, 0.1) is 11.0 Å². The Hall–Kier alpha value is -3.32.